The Bertz CT molecular complexity index is 646. The summed E-state index contributed by atoms with van der Waals surface area (Å²) in [6, 6.07) is 5.23. The Balaban J connectivity index is 1.80. The zero-order valence-electron chi connectivity index (χ0n) is 11.9. The molecule has 2 aromatic heterocycles. The van der Waals surface area contributed by atoms with Gasteiger partial charge in [-0.05, 0) is 47.9 Å². The average Bonchev–Trinajstić information content (AvgIpc) is 3.00. The third kappa shape index (κ3) is 4.82. The summed E-state index contributed by atoms with van der Waals surface area (Å²) in [6.45, 7) is 1.52. The number of ether oxygens (including phenoxy) is 1. The van der Waals surface area contributed by atoms with Gasteiger partial charge in [0.2, 0.25) is 0 Å². The molecule has 0 spiro atoms. The van der Waals surface area contributed by atoms with E-state index in [0.717, 1.165) is 5.56 Å². The Morgan fingerprint density at radius 3 is 2.95 bits per heavy atom. The van der Waals surface area contributed by atoms with Gasteiger partial charge < -0.3 is 10.1 Å². The molecular formula is C15H15ClN2O3S. The maximum atomic E-state index is 12.0. The first kappa shape index (κ1) is 16.5. The summed E-state index contributed by atoms with van der Waals surface area (Å²) in [5, 5.41) is 6.70. The van der Waals surface area contributed by atoms with E-state index in [-0.39, 0.29) is 11.6 Å². The first-order chi connectivity index (χ1) is 10.6. The quantitative estimate of drug-likeness (QED) is 0.648. The molecule has 5 nitrogen and oxygen atoms in total. The van der Waals surface area contributed by atoms with Gasteiger partial charge in [0, 0.05) is 12.6 Å². The Kier molecular flexibility index (Phi) is 5.91. The van der Waals surface area contributed by atoms with Crippen molar-refractivity contribution in [2.24, 2.45) is 0 Å². The van der Waals surface area contributed by atoms with Gasteiger partial charge in [0.1, 0.15) is 0 Å². The van der Waals surface area contributed by atoms with Gasteiger partial charge in [-0.1, -0.05) is 11.6 Å². The van der Waals surface area contributed by atoms with Gasteiger partial charge in [-0.15, -0.1) is 0 Å². The average molecular weight is 339 g/mol. The van der Waals surface area contributed by atoms with Crippen LogP contribution in [0.5, 0.6) is 0 Å². The lowest BCUT2D eigenvalue weighted by Crippen LogP contribution is -2.30. The summed E-state index contributed by atoms with van der Waals surface area (Å²) in [5.41, 5.74) is 1.47. The van der Waals surface area contributed by atoms with Crippen LogP contribution in [-0.4, -0.2) is 23.0 Å². The molecule has 7 heteroatoms. The zero-order valence-corrected chi connectivity index (χ0v) is 13.5. The van der Waals surface area contributed by atoms with Gasteiger partial charge >= 0.3 is 5.97 Å². The molecule has 0 aliphatic heterocycles. The highest BCUT2D eigenvalue weighted by atomic mass is 35.5. The number of carbonyl (C=O) groups is 2. The van der Waals surface area contributed by atoms with E-state index in [1.807, 2.05) is 16.8 Å². The highest BCUT2D eigenvalue weighted by molar-refractivity contribution is 7.07. The third-order valence-electron chi connectivity index (χ3n) is 2.89. The number of anilines is 1. The van der Waals surface area contributed by atoms with E-state index in [0.29, 0.717) is 12.1 Å². The molecule has 116 valence electrons. The van der Waals surface area contributed by atoms with E-state index in [1.54, 1.807) is 23.5 Å². The molecule has 0 aliphatic rings. The van der Waals surface area contributed by atoms with Crippen molar-refractivity contribution in [2.75, 3.05) is 5.32 Å². The molecule has 0 unspecified atom stereocenters. The number of halogens is 1. The van der Waals surface area contributed by atoms with Crippen molar-refractivity contribution in [2.45, 2.75) is 25.9 Å². The van der Waals surface area contributed by atoms with Gasteiger partial charge in [-0.25, -0.2) is 4.98 Å². The Hall–Kier alpha value is -1.92. The smallest absolute Gasteiger partial charge is 0.306 e. The molecule has 0 saturated carbocycles. The summed E-state index contributed by atoms with van der Waals surface area (Å²) < 4.78 is 5.11. The van der Waals surface area contributed by atoms with Gasteiger partial charge in [0.15, 0.2) is 11.3 Å². The van der Waals surface area contributed by atoms with Crippen LogP contribution in [0.4, 0.5) is 5.69 Å². The van der Waals surface area contributed by atoms with Crippen molar-refractivity contribution in [3.8, 4) is 0 Å². The van der Waals surface area contributed by atoms with E-state index in [2.05, 4.69) is 10.3 Å². The summed E-state index contributed by atoms with van der Waals surface area (Å²) in [4.78, 5) is 27.5. The molecular weight excluding hydrogens is 324 g/mol. The number of aryl methyl sites for hydroxylation is 1. The normalized spacial score (nSPS) is 11.7. The molecule has 22 heavy (non-hydrogen) atoms. The number of nitrogens with zero attached hydrogens (tertiary/aromatic N) is 1. The van der Waals surface area contributed by atoms with Crippen molar-refractivity contribution in [3.63, 3.8) is 0 Å². The van der Waals surface area contributed by atoms with E-state index in [9.17, 15) is 9.59 Å². The minimum absolute atomic E-state index is 0.187. The van der Waals surface area contributed by atoms with Crippen LogP contribution < -0.4 is 5.32 Å². The first-order valence-corrected chi connectivity index (χ1v) is 8.00. The highest BCUT2D eigenvalue weighted by Gasteiger charge is 2.18. The number of carbonyl (C=O) groups excluding carboxylic acids is 2. The summed E-state index contributed by atoms with van der Waals surface area (Å²) in [6.07, 6.45) is 1.46. The second-order valence-corrected chi connectivity index (χ2v) is 5.73. The van der Waals surface area contributed by atoms with Crippen LogP contribution in [0, 0.1) is 0 Å². The van der Waals surface area contributed by atoms with Crippen LogP contribution in [0.3, 0.4) is 0 Å². The molecule has 0 aromatic carbocycles. The fourth-order valence-electron chi connectivity index (χ4n) is 1.70. The van der Waals surface area contributed by atoms with Crippen LogP contribution in [0.1, 0.15) is 18.9 Å². The zero-order chi connectivity index (χ0) is 15.9. The number of esters is 1. The van der Waals surface area contributed by atoms with Gasteiger partial charge in [0.25, 0.3) is 5.91 Å². The van der Waals surface area contributed by atoms with E-state index in [1.165, 1.54) is 13.1 Å². The number of hydrogen-bond acceptors (Lipinski definition) is 5. The van der Waals surface area contributed by atoms with Crippen LogP contribution >= 0.6 is 22.9 Å². The number of amides is 1. The number of aromatic nitrogens is 1. The second kappa shape index (κ2) is 7.91. The molecule has 0 aliphatic carbocycles. The van der Waals surface area contributed by atoms with Crippen LogP contribution in [0.25, 0.3) is 0 Å². The fourth-order valence-corrected chi connectivity index (χ4v) is 2.57. The van der Waals surface area contributed by atoms with E-state index < -0.39 is 18.0 Å². The third-order valence-corrected chi connectivity index (χ3v) is 3.93. The Labute approximate surface area is 137 Å². The van der Waals surface area contributed by atoms with Crippen molar-refractivity contribution < 1.29 is 14.3 Å². The van der Waals surface area contributed by atoms with Crippen LogP contribution in [0.2, 0.25) is 5.15 Å². The lowest BCUT2D eigenvalue weighted by molar-refractivity contribution is -0.153. The molecule has 1 atom stereocenters. The minimum atomic E-state index is -0.897. The van der Waals surface area contributed by atoms with Crippen LogP contribution in [-0.2, 0) is 20.7 Å². The van der Waals surface area contributed by atoms with Crippen molar-refractivity contribution in [1.29, 1.82) is 0 Å². The standard InChI is InChI=1S/C15H15ClN2O3S/c1-10(15(20)18-12-3-2-7-17-14(12)16)21-13(19)5-4-11-6-8-22-9-11/h2-3,6-10H,4-5H2,1H3,(H,18,20)/t10-/m1/s1. The molecule has 2 rings (SSSR count). The monoisotopic (exact) mass is 338 g/mol. The van der Waals surface area contributed by atoms with Gasteiger partial charge in [0.05, 0.1) is 5.69 Å². The SMILES string of the molecule is C[C@@H](OC(=O)CCc1ccsc1)C(=O)Nc1cccnc1Cl. The maximum Gasteiger partial charge on any atom is 0.306 e. The lowest BCUT2D eigenvalue weighted by atomic mass is 10.2. The number of thiophene rings is 1. The van der Waals surface area contributed by atoms with Crippen molar-refractivity contribution in [1.82, 2.24) is 4.98 Å². The maximum absolute atomic E-state index is 12.0. The molecule has 1 N–H and O–H groups in total. The highest BCUT2D eigenvalue weighted by Crippen LogP contribution is 2.18. The first-order valence-electron chi connectivity index (χ1n) is 6.68. The van der Waals surface area contributed by atoms with Gasteiger partial charge in [-0.3, -0.25) is 9.59 Å². The van der Waals surface area contributed by atoms with E-state index >= 15 is 0 Å². The molecule has 0 bridgehead atoms. The number of pyridine rings is 1. The predicted octanol–water partition coefficient (Wildman–Crippen LogP) is 3.30. The molecule has 0 radical (unpaired) electrons. The van der Waals surface area contributed by atoms with Gasteiger partial charge in [-0.2, -0.15) is 11.3 Å². The minimum Gasteiger partial charge on any atom is -0.453 e. The molecule has 1 amide bonds. The predicted molar refractivity (Wildman–Crippen MR) is 86.1 cm³/mol. The fraction of sp³-hybridized carbons (Fsp3) is 0.267. The van der Waals surface area contributed by atoms with Crippen molar-refractivity contribution >= 4 is 40.5 Å². The molecule has 2 aromatic rings. The molecule has 0 saturated heterocycles. The summed E-state index contributed by atoms with van der Waals surface area (Å²) in [7, 11) is 0. The van der Waals surface area contributed by atoms with Crippen LogP contribution in [0.15, 0.2) is 35.2 Å². The lowest BCUT2D eigenvalue weighted by Gasteiger charge is -2.13. The summed E-state index contributed by atoms with van der Waals surface area (Å²) in [5.74, 6) is -0.857. The second-order valence-electron chi connectivity index (χ2n) is 4.59. The molecule has 0 fully saturated rings. The molecule has 2 heterocycles. The number of nitrogens with one attached hydrogen (secondary N) is 1. The summed E-state index contributed by atoms with van der Waals surface area (Å²) >= 11 is 7.43. The largest absolute Gasteiger partial charge is 0.453 e. The topological polar surface area (TPSA) is 68.3 Å². The van der Waals surface area contributed by atoms with Crippen molar-refractivity contribution in [3.05, 3.63) is 45.9 Å². The Morgan fingerprint density at radius 2 is 2.27 bits per heavy atom. The Morgan fingerprint density at radius 1 is 1.45 bits per heavy atom. The van der Waals surface area contributed by atoms with E-state index in [4.69, 9.17) is 16.3 Å². The number of rotatable bonds is 6. The number of hydrogen-bond donors (Lipinski definition) is 1.